The standard InChI is InChI=1S/C20H27N3O6S/c1-14-19(15(2)29-22-14)30(25,26)23-10-5-6-16(13-23)20(24)21-9-11-28-18-8-4-7-17(12-18)27-3/h4,7-8,12,16H,5-6,9-11,13H2,1-3H3,(H,21,24). The van der Waals surface area contributed by atoms with Crippen molar-refractivity contribution in [3.63, 3.8) is 0 Å². The molecule has 0 spiro atoms. The fourth-order valence-corrected chi connectivity index (χ4v) is 5.34. The summed E-state index contributed by atoms with van der Waals surface area (Å²) in [6, 6.07) is 7.21. The van der Waals surface area contributed by atoms with Crippen molar-refractivity contribution in [2.75, 3.05) is 33.4 Å². The zero-order valence-corrected chi connectivity index (χ0v) is 18.2. The number of methoxy groups -OCH3 is 1. The van der Waals surface area contributed by atoms with E-state index in [-0.39, 0.29) is 23.1 Å². The van der Waals surface area contributed by atoms with Crippen molar-refractivity contribution in [2.45, 2.75) is 31.6 Å². The van der Waals surface area contributed by atoms with Crippen molar-refractivity contribution in [1.29, 1.82) is 0 Å². The van der Waals surface area contributed by atoms with E-state index < -0.39 is 15.9 Å². The number of nitrogens with zero attached hydrogens (tertiary/aromatic N) is 2. The second-order valence-electron chi connectivity index (χ2n) is 7.17. The van der Waals surface area contributed by atoms with E-state index in [9.17, 15) is 13.2 Å². The molecule has 1 aromatic carbocycles. The molecule has 2 heterocycles. The predicted molar refractivity (Wildman–Crippen MR) is 109 cm³/mol. The van der Waals surface area contributed by atoms with Gasteiger partial charge in [-0.05, 0) is 38.8 Å². The van der Waals surface area contributed by atoms with Crippen LogP contribution in [0.4, 0.5) is 0 Å². The lowest BCUT2D eigenvalue weighted by Gasteiger charge is -2.31. The largest absolute Gasteiger partial charge is 0.497 e. The average molecular weight is 438 g/mol. The lowest BCUT2D eigenvalue weighted by atomic mass is 9.99. The van der Waals surface area contributed by atoms with Crippen LogP contribution in [-0.2, 0) is 14.8 Å². The number of sulfonamides is 1. The van der Waals surface area contributed by atoms with Crippen molar-refractivity contribution < 1.29 is 27.2 Å². The second kappa shape index (κ2) is 9.48. The van der Waals surface area contributed by atoms with Gasteiger partial charge in [0.05, 0.1) is 19.6 Å². The van der Waals surface area contributed by atoms with Crippen LogP contribution in [0.3, 0.4) is 0 Å². The molecule has 2 aromatic rings. The van der Waals surface area contributed by atoms with Gasteiger partial charge in [-0.25, -0.2) is 8.42 Å². The zero-order chi connectivity index (χ0) is 21.7. The number of carbonyl (C=O) groups is 1. The third-order valence-corrected chi connectivity index (χ3v) is 7.14. The molecule has 0 saturated carbocycles. The van der Waals surface area contributed by atoms with E-state index in [0.29, 0.717) is 49.7 Å². The summed E-state index contributed by atoms with van der Waals surface area (Å²) in [5, 5.41) is 6.57. The Morgan fingerprint density at radius 2 is 2.10 bits per heavy atom. The smallest absolute Gasteiger partial charge is 0.248 e. The van der Waals surface area contributed by atoms with Gasteiger partial charge < -0.3 is 19.3 Å². The van der Waals surface area contributed by atoms with Gasteiger partial charge in [0.1, 0.15) is 28.7 Å². The number of ether oxygens (including phenoxy) is 2. The monoisotopic (exact) mass is 437 g/mol. The molecular weight excluding hydrogens is 410 g/mol. The summed E-state index contributed by atoms with van der Waals surface area (Å²) >= 11 is 0. The van der Waals surface area contributed by atoms with Crippen molar-refractivity contribution in [1.82, 2.24) is 14.8 Å². The number of aryl methyl sites for hydroxylation is 2. The number of nitrogens with one attached hydrogen (secondary N) is 1. The van der Waals surface area contributed by atoms with Crippen molar-refractivity contribution >= 4 is 15.9 Å². The highest BCUT2D eigenvalue weighted by Gasteiger charge is 2.36. The quantitative estimate of drug-likeness (QED) is 0.628. The summed E-state index contributed by atoms with van der Waals surface area (Å²) in [5.74, 6) is 1.01. The first-order chi connectivity index (χ1) is 14.3. The van der Waals surface area contributed by atoms with Crippen LogP contribution in [0.5, 0.6) is 11.5 Å². The maximum Gasteiger partial charge on any atom is 0.248 e. The van der Waals surface area contributed by atoms with Crippen LogP contribution in [-0.4, -0.2) is 57.1 Å². The van der Waals surface area contributed by atoms with Crippen LogP contribution in [0.2, 0.25) is 0 Å². The molecule has 0 aliphatic carbocycles. The number of hydrogen-bond donors (Lipinski definition) is 1. The second-order valence-corrected chi connectivity index (χ2v) is 9.05. The SMILES string of the molecule is COc1cccc(OCCNC(=O)C2CCCN(S(=O)(=O)c3c(C)noc3C)C2)c1. The molecule has 3 rings (SSSR count). The summed E-state index contributed by atoms with van der Waals surface area (Å²) in [6.45, 7) is 4.29. The van der Waals surface area contributed by atoms with Gasteiger partial charge in [-0.3, -0.25) is 4.79 Å². The third-order valence-electron chi connectivity index (χ3n) is 5.03. The Hall–Kier alpha value is -2.59. The minimum absolute atomic E-state index is 0.0928. The van der Waals surface area contributed by atoms with Gasteiger partial charge in [-0.2, -0.15) is 4.31 Å². The fourth-order valence-electron chi connectivity index (χ4n) is 3.53. The molecular formula is C20H27N3O6S. The Morgan fingerprint density at radius 1 is 1.33 bits per heavy atom. The van der Waals surface area contributed by atoms with Crippen molar-refractivity contribution in [2.24, 2.45) is 5.92 Å². The molecule has 164 valence electrons. The minimum Gasteiger partial charge on any atom is -0.497 e. The van der Waals surface area contributed by atoms with Crippen LogP contribution >= 0.6 is 0 Å². The molecule has 1 N–H and O–H groups in total. The highest BCUT2D eigenvalue weighted by molar-refractivity contribution is 7.89. The number of amides is 1. The molecule has 0 radical (unpaired) electrons. The summed E-state index contributed by atoms with van der Waals surface area (Å²) in [4.78, 5) is 12.7. The first-order valence-electron chi connectivity index (χ1n) is 9.80. The van der Waals surface area contributed by atoms with Crippen LogP contribution in [0.25, 0.3) is 0 Å². The molecule has 1 amide bonds. The van der Waals surface area contributed by atoms with E-state index in [1.807, 2.05) is 18.2 Å². The number of aromatic nitrogens is 1. The predicted octanol–water partition coefficient (Wildman–Crippen LogP) is 1.90. The molecule has 1 aliphatic rings. The Balaban J connectivity index is 1.53. The van der Waals surface area contributed by atoms with Gasteiger partial charge in [0.2, 0.25) is 15.9 Å². The van der Waals surface area contributed by atoms with Crippen molar-refractivity contribution in [3.8, 4) is 11.5 Å². The number of hydrogen-bond acceptors (Lipinski definition) is 7. The molecule has 10 heteroatoms. The van der Waals surface area contributed by atoms with E-state index in [1.165, 1.54) is 4.31 Å². The van der Waals surface area contributed by atoms with E-state index in [2.05, 4.69) is 10.5 Å². The lowest BCUT2D eigenvalue weighted by molar-refractivity contribution is -0.126. The summed E-state index contributed by atoms with van der Waals surface area (Å²) in [7, 11) is -2.17. The highest BCUT2D eigenvalue weighted by atomic mass is 32.2. The van der Waals surface area contributed by atoms with E-state index in [4.69, 9.17) is 14.0 Å². The molecule has 1 saturated heterocycles. The van der Waals surface area contributed by atoms with Gasteiger partial charge in [-0.15, -0.1) is 0 Å². The topological polar surface area (TPSA) is 111 Å². The lowest BCUT2D eigenvalue weighted by Crippen LogP contribution is -2.46. The maximum absolute atomic E-state index is 13.0. The summed E-state index contributed by atoms with van der Waals surface area (Å²) in [6.07, 6.45) is 1.25. The number of rotatable bonds is 8. The van der Waals surface area contributed by atoms with Gasteiger partial charge in [0.15, 0.2) is 5.76 Å². The fraction of sp³-hybridized carbons (Fsp3) is 0.500. The molecule has 1 atom stereocenters. The van der Waals surface area contributed by atoms with Crippen LogP contribution in [0.15, 0.2) is 33.7 Å². The molecule has 1 unspecified atom stereocenters. The van der Waals surface area contributed by atoms with Crippen molar-refractivity contribution in [3.05, 3.63) is 35.7 Å². The summed E-state index contributed by atoms with van der Waals surface area (Å²) < 4.78 is 43.1. The number of carbonyl (C=O) groups excluding carboxylic acids is 1. The van der Waals surface area contributed by atoms with Gasteiger partial charge in [0, 0.05) is 19.2 Å². The van der Waals surface area contributed by atoms with Crippen LogP contribution in [0, 0.1) is 19.8 Å². The minimum atomic E-state index is -3.75. The molecule has 30 heavy (non-hydrogen) atoms. The Morgan fingerprint density at radius 3 is 2.80 bits per heavy atom. The Kier molecular flexibility index (Phi) is 6.99. The van der Waals surface area contributed by atoms with Crippen LogP contribution in [0.1, 0.15) is 24.3 Å². The molecule has 1 aliphatic heterocycles. The highest BCUT2D eigenvalue weighted by Crippen LogP contribution is 2.27. The number of piperidine rings is 1. The van der Waals surface area contributed by atoms with E-state index in [1.54, 1.807) is 27.0 Å². The zero-order valence-electron chi connectivity index (χ0n) is 17.4. The Labute approximate surface area is 176 Å². The molecule has 1 fully saturated rings. The average Bonchev–Trinajstić information content (AvgIpc) is 3.10. The molecule has 1 aromatic heterocycles. The molecule has 9 nitrogen and oxygen atoms in total. The van der Waals surface area contributed by atoms with E-state index in [0.717, 1.165) is 0 Å². The maximum atomic E-state index is 13.0. The summed E-state index contributed by atoms with van der Waals surface area (Å²) in [5.41, 5.74) is 0.328. The van der Waals surface area contributed by atoms with Gasteiger partial charge in [0.25, 0.3) is 0 Å². The number of benzene rings is 1. The van der Waals surface area contributed by atoms with Gasteiger partial charge >= 0.3 is 0 Å². The first kappa shape index (κ1) is 22.1. The van der Waals surface area contributed by atoms with E-state index >= 15 is 0 Å². The molecule has 0 bridgehead atoms. The Bertz CT molecular complexity index is 969. The third kappa shape index (κ3) is 4.93. The first-order valence-corrected chi connectivity index (χ1v) is 11.2. The van der Waals surface area contributed by atoms with Gasteiger partial charge in [-0.1, -0.05) is 11.2 Å². The van der Waals surface area contributed by atoms with Crippen LogP contribution < -0.4 is 14.8 Å². The normalized spacial score (nSPS) is 17.5.